The van der Waals surface area contributed by atoms with Crippen LogP contribution in [0, 0.1) is 2.88 Å². The van der Waals surface area contributed by atoms with E-state index in [2.05, 4.69) is 34.0 Å². The summed E-state index contributed by atoms with van der Waals surface area (Å²) in [6.45, 7) is 0. The van der Waals surface area contributed by atoms with Crippen molar-refractivity contribution in [2.24, 2.45) is 0 Å². The van der Waals surface area contributed by atoms with Gasteiger partial charge < -0.3 is 10.1 Å². The molecule has 1 N–H and O–H groups in total. The number of anilines is 1. The largest absolute Gasteiger partial charge is 0.465 e. The molecule has 110 valence electrons. The average molecular weight is 413 g/mol. The van der Waals surface area contributed by atoms with Gasteiger partial charge in [0.15, 0.2) is 0 Å². The second-order valence-electron chi connectivity index (χ2n) is 5.09. The predicted molar refractivity (Wildman–Crippen MR) is 94.1 cm³/mol. The summed E-state index contributed by atoms with van der Waals surface area (Å²) in [5, 5.41) is 3.57. The maximum atomic E-state index is 11.6. The number of halogens is 1. The molecular formula is C16H16INO2S. The number of hydrogen-bond acceptors (Lipinski definition) is 4. The average Bonchev–Trinajstić information content (AvgIpc) is 2.88. The highest BCUT2D eigenvalue weighted by Crippen LogP contribution is 2.38. The molecule has 0 saturated heterocycles. The Morgan fingerprint density at radius 1 is 1.43 bits per heavy atom. The maximum Gasteiger partial charge on any atom is 0.337 e. The van der Waals surface area contributed by atoms with E-state index in [-0.39, 0.29) is 5.97 Å². The first kappa shape index (κ1) is 14.8. The van der Waals surface area contributed by atoms with E-state index in [0.717, 1.165) is 12.1 Å². The molecule has 0 spiro atoms. The van der Waals surface area contributed by atoms with Crippen molar-refractivity contribution in [1.82, 2.24) is 0 Å². The first-order chi connectivity index (χ1) is 10.2. The van der Waals surface area contributed by atoms with Gasteiger partial charge in [0.05, 0.1) is 21.6 Å². The van der Waals surface area contributed by atoms with Crippen LogP contribution in [0.25, 0.3) is 0 Å². The minimum Gasteiger partial charge on any atom is -0.465 e. The molecule has 0 fully saturated rings. The molecule has 1 heterocycles. The summed E-state index contributed by atoms with van der Waals surface area (Å²) in [6, 6.07) is 10.1. The van der Waals surface area contributed by atoms with Crippen molar-refractivity contribution in [2.45, 2.75) is 25.3 Å². The van der Waals surface area contributed by atoms with Gasteiger partial charge in [-0.3, -0.25) is 0 Å². The summed E-state index contributed by atoms with van der Waals surface area (Å²) in [7, 11) is 1.41. The second kappa shape index (κ2) is 6.36. The standard InChI is InChI=1S/C16H16INO2S/c1-20-16(19)10-4-2-5-11(8-10)18-13-6-3-7-14-12(13)9-15(17)21-14/h2,4-5,8-9,13,18H,3,6-7H2,1H3. The molecule has 3 nitrogen and oxygen atoms in total. The third kappa shape index (κ3) is 3.23. The van der Waals surface area contributed by atoms with E-state index < -0.39 is 0 Å². The van der Waals surface area contributed by atoms with Gasteiger partial charge in [-0.2, -0.15) is 0 Å². The lowest BCUT2D eigenvalue weighted by Gasteiger charge is -2.24. The number of fused-ring (bicyclic) bond motifs is 1. The van der Waals surface area contributed by atoms with Crippen molar-refractivity contribution >= 4 is 45.6 Å². The van der Waals surface area contributed by atoms with Crippen LogP contribution in [-0.2, 0) is 11.2 Å². The molecule has 1 unspecified atom stereocenters. The molecule has 1 atom stereocenters. The van der Waals surface area contributed by atoms with Crippen molar-refractivity contribution in [2.75, 3.05) is 12.4 Å². The number of benzene rings is 1. The van der Waals surface area contributed by atoms with Crippen molar-refractivity contribution in [3.8, 4) is 0 Å². The van der Waals surface area contributed by atoms with Gasteiger partial charge in [-0.25, -0.2) is 4.79 Å². The number of carbonyl (C=O) groups is 1. The number of methoxy groups -OCH3 is 1. The highest BCUT2D eigenvalue weighted by atomic mass is 127. The van der Waals surface area contributed by atoms with E-state index in [0.29, 0.717) is 11.6 Å². The fourth-order valence-corrected chi connectivity index (χ4v) is 4.85. The van der Waals surface area contributed by atoms with Crippen molar-refractivity contribution in [3.63, 3.8) is 0 Å². The Balaban J connectivity index is 1.83. The first-order valence-corrected chi connectivity index (χ1v) is 8.80. The van der Waals surface area contributed by atoms with E-state index in [1.807, 2.05) is 29.5 Å². The number of aryl methyl sites for hydroxylation is 1. The summed E-state index contributed by atoms with van der Waals surface area (Å²) in [5.41, 5.74) is 2.97. The summed E-state index contributed by atoms with van der Waals surface area (Å²) in [6.07, 6.45) is 3.52. The molecular weight excluding hydrogens is 397 g/mol. The zero-order valence-corrected chi connectivity index (χ0v) is 14.7. The lowest BCUT2D eigenvalue weighted by Crippen LogP contribution is -2.16. The summed E-state index contributed by atoms with van der Waals surface area (Å²) >= 11 is 4.28. The summed E-state index contributed by atoms with van der Waals surface area (Å²) < 4.78 is 6.12. The van der Waals surface area contributed by atoms with Gasteiger partial charge >= 0.3 is 5.97 Å². The van der Waals surface area contributed by atoms with E-state index in [9.17, 15) is 4.79 Å². The quantitative estimate of drug-likeness (QED) is 0.589. The molecule has 1 aromatic carbocycles. The Kier molecular flexibility index (Phi) is 4.49. The Morgan fingerprint density at radius 3 is 3.10 bits per heavy atom. The van der Waals surface area contributed by atoms with Gasteiger partial charge in [-0.05, 0) is 71.7 Å². The highest BCUT2D eigenvalue weighted by molar-refractivity contribution is 14.1. The molecule has 0 amide bonds. The van der Waals surface area contributed by atoms with Gasteiger partial charge in [0, 0.05) is 10.6 Å². The zero-order chi connectivity index (χ0) is 14.8. The molecule has 0 bridgehead atoms. The van der Waals surface area contributed by atoms with Crippen LogP contribution in [0.1, 0.15) is 39.7 Å². The van der Waals surface area contributed by atoms with E-state index in [1.165, 1.54) is 33.3 Å². The molecule has 5 heteroatoms. The number of carbonyl (C=O) groups excluding carboxylic acids is 1. The monoisotopic (exact) mass is 413 g/mol. The fourth-order valence-electron chi connectivity index (χ4n) is 2.73. The molecule has 1 aliphatic rings. The lowest BCUT2D eigenvalue weighted by atomic mass is 9.94. The number of thiophene rings is 1. The third-order valence-corrected chi connectivity index (χ3v) is 5.68. The molecule has 0 saturated carbocycles. The number of hydrogen-bond donors (Lipinski definition) is 1. The van der Waals surface area contributed by atoms with Crippen molar-refractivity contribution in [1.29, 1.82) is 0 Å². The minimum atomic E-state index is -0.298. The fraction of sp³-hybridized carbons (Fsp3) is 0.312. The van der Waals surface area contributed by atoms with Gasteiger partial charge in [-0.1, -0.05) is 6.07 Å². The number of esters is 1. The molecule has 21 heavy (non-hydrogen) atoms. The van der Waals surface area contributed by atoms with Crippen LogP contribution < -0.4 is 5.32 Å². The topological polar surface area (TPSA) is 38.3 Å². The van der Waals surface area contributed by atoms with Crippen LogP contribution in [0.15, 0.2) is 30.3 Å². The van der Waals surface area contributed by atoms with Gasteiger partial charge in [-0.15, -0.1) is 11.3 Å². The Bertz CT molecular complexity index is 668. The zero-order valence-electron chi connectivity index (χ0n) is 11.7. The van der Waals surface area contributed by atoms with E-state index in [4.69, 9.17) is 4.74 Å². The molecule has 0 radical (unpaired) electrons. The van der Waals surface area contributed by atoms with Gasteiger partial charge in [0.25, 0.3) is 0 Å². The second-order valence-corrected chi connectivity index (χ2v) is 8.12. The van der Waals surface area contributed by atoms with E-state index >= 15 is 0 Å². The van der Waals surface area contributed by atoms with E-state index in [1.54, 1.807) is 6.07 Å². The molecule has 1 aliphatic carbocycles. The minimum absolute atomic E-state index is 0.298. The third-order valence-electron chi connectivity index (χ3n) is 3.71. The summed E-state index contributed by atoms with van der Waals surface area (Å²) in [5.74, 6) is -0.298. The maximum absolute atomic E-state index is 11.6. The highest BCUT2D eigenvalue weighted by Gasteiger charge is 2.22. The van der Waals surface area contributed by atoms with Crippen LogP contribution in [0.3, 0.4) is 0 Å². The van der Waals surface area contributed by atoms with Crippen LogP contribution >= 0.6 is 33.9 Å². The van der Waals surface area contributed by atoms with Crippen LogP contribution in [0.2, 0.25) is 0 Å². The predicted octanol–water partition coefficient (Wildman–Crippen LogP) is 4.63. The Labute approximate surface area is 141 Å². The molecule has 2 aromatic rings. The number of ether oxygens (including phenoxy) is 1. The number of rotatable bonds is 3. The van der Waals surface area contributed by atoms with Crippen molar-refractivity contribution in [3.05, 3.63) is 49.2 Å². The van der Waals surface area contributed by atoms with Gasteiger partial charge in [0.1, 0.15) is 0 Å². The Morgan fingerprint density at radius 2 is 2.29 bits per heavy atom. The van der Waals surface area contributed by atoms with Crippen LogP contribution in [-0.4, -0.2) is 13.1 Å². The number of nitrogens with one attached hydrogen (secondary N) is 1. The van der Waals surface area contributed by atoms with Crippen molar-refractivity contribution < 1.29 is 9.53 Å². The molecule has 0 aliphatic heterocycles. The summed E-state index contributed by atoms with van der Waals surface area (Å²) in [4.78, 5) is 13.1. The Hall–Kier alpha value is -1.08. The SMILES string of the molecule is COC(=O)c1cccc(NC2CCCc3sc(I)cc32)c1. The van der Waals surface area contributed by atoms with Crippen LogP contribution in [0.5, 0.6) is 0 Å². The molecule has 1 aromatic heterocycles. The lowest BCUT2D eigenvalue weighted by molar-refractivity contribution is 0.0601. The van der Waals surface area contributed by atoms with Crippen LogP contribution in [0.4, 0.5) is 5.69 Å². The first-order valence-electron chi connectivity index (χ1n) is 6.90. The smallest absolute Gasteiger partial charge is 0.337 e. The van der Waals surface area contributed by atoms with Gasteiger partial charge in [0.2, 0.25) is 0 Å². The molecule has 3 rings (SSSR count). The normalized spacial score (nSPS) is 17.1.